The van der Waals surface area contributed by atoms with E-state index >= 15 is 0 Å². The van der Waals surface area contributed by atoms with E-state index in [1.165, 1.54) is 34.9 Å². The highest BCUT2D eigenvalue weighted by Crippen LogP contribution is 2.39. The molecule has 6 nitrogen and oxygen atoms in total. The summed E-state index contributed by atoms with van der Waals surface area (Å²) in [7, 11) is 0. The van der Waals surface area contributed by atoms with Crippen LogP contribution in [0.15, 0.2) is 658 Å². The van der Waals surface area contributed by atoms with Crippen LogP contribution in [0.3, 0.4) is 0 Å². The Morgan fingerprint density at radius 2 is 0.953 bits per heavy atom. The van der Waals surface area contributed by atoms with Crippen LogP contribution in [0.25, 0.3) is 107 Å². The molecule has 0 amide bonds. The molecule has 1 atom stereocenters. The average molecular weight is 1950 g/mol. The molecule has 150 heavy (non-hydrogen) atoms. The van der Waals surface area contributed by atoms with Gasteiger partial charge in [0.25, 0.3) is 0 Å². The van der Waals surface area contributed by atoms with Gasteiger partial charge in [0, 0.05) is 91.4 Å². The van der Waals surface area contributed by atoms with Crippen molar-refractivity contribution in [2.45, 2.75) is 38.5 Å². The molecule has 6 heteroatoms. The van der Waals surface area contributed by atoms with Gasteiger partial charge in [-0.15, -0.1) is 0 Å². The Bertz CT molecular complexity index is 7700. The first kappa shape index (κ1) is 108. The Balaban J connectivity index is 0.000000193. The Labute approximate surface area is 889 Å². The first-order valence-corrected chi connectivity index (χ1v) is 50.6. The zero-order valence-electron chi connectivity index (χ0n) is 85.7. The van der Waals surface area contributed by atoms with Gasteiger partial charge >= 0.3 is 0 Å². The average Bonchev–Trinajstić information content (AvgIpc) is 1.39. The minimum absolute atomic E-state index is 0.347. The SMILES string of the molecule is C1=CCCC=C1.C=C/C=C(\C=C)c1ccc(N(C2=CCC(c3ccccc3)C=C2)c2ccc(-c3ccc(-n4ccccccc5cc(/C(C=C)=C/C=C/N(c6ccccc6)c6ccccc6)ccc54)cc3)cc2)cc1.C=C/C=C\C=C.C=C\C=C/C=C/C(C=C)=C/C=C/C/C=C\C(=C/C)Nc1ccc(-c2ccc(/C(C=C)=C/C=C)cc2)cc1.C=Cc1[nH]c2ccccc2c1/C=C/c1ccc(-c2cccoc3ccccc3cc2)cc1. The second-order valence-corrected chi connectivity index (χ2v) is 34.6. The predicted octanol–water partition coefficient (Wildman–Crippen LogP) is 40.5. The van der Waals surface area contributed by atoms with Crippen LogP contribution in [0.4, 0.5) is 28.4 Å². The van der Waals surface area contributed by atoms with Crippen LogP contribution >= 0.6 is 0 Å². The van der Waals surface area contributed by atoms with Crippen molar-refractivity contribution in [1.82, 2.24) is 9.55 Å². The number of nitrogens with zero attached hydrogens (tertiary/aromatic N) is 3. The molecule has 2 aliphatic carbocycles. The van der Waals surface area contributed by atoms with E-state index in [0.717, 1.165) is 164 Å². The standard InChI is InChI=1S/C66H55N3.C36H37N.C30H23NO.2C6H8/c1-4-21-51(5-2)54-32-41-63(42-33-54)69(64-43-34-55(35-44-64)53-22-13-9-14-23-53)65-45-36-57(37-46-65)56-30-39-62(40-31-56)68-48-19-8-7-12-24-59-50-58(38-47-66(59)68)52(6-3)25-20-49-67(60-26-15-10-16-27-60)61-28-17-11-18-29-61;1-6-11-12-15-19-30(8-3)20-16-13-14-17-21-35(10-5)37-36-28-26-34(27-29-36)33-24-22-32(23-25-33)31(9-4)18-7-2;1-2-28-27(26-10-4-5-11-29(26)31-28)20-15-22-13-16-24(17-14-22)23-9-7-21-32-30-12-6-3-8-25(30)19-18-23;1-2-4-6-5-3-1;1-3-5-6-4-2/h4-34,36-50,55H,1-3,35H2;6-13,15-29,37H,1-4,14H2,5H3;2-21,31H,1H2;1-4H,5-6H2;3-6H,1-2H2/b8-7?,24-12?,48-19?,49-20+,51-21+,52-25+;12-11-,16-13+,19-15+,21-17-,30-20+,31-18+,35-10+;19-18?,20-15+,21-7?,23-9?;;6-5-. The van der Waals surface area contributed by atoms with Gasteiger partial charge in [0.2, 0.25) is 0 Å². The molecule has 12 aromatic carbocycles. The van der Waals surface area contributed by atoms with E-state index in [1.54, 1.807) is 36.6 Å². The van der Waals surface area contributed by atoms with Crippen LogP contribution in [-0.4, -0.2) is 9.55 Å². The van der Waals surface area contributed by atoms with E-state index in [-0.39, 0.29) is 0 Å². The zero-order chi connectivity index (χ0) is 105. The van der Waals surface area contributed by atoms with Crippen LogP contribution < -0.4 is 15.1 Å². The summed E-state index contributed by atoms with van der Waals surface area (Å²) >= 11 is 0. The number of anilines is 5. The van der Waals surface area contributed by atoms with E-state index in [1.807, 2.05) is 141 Å². The van der Waals surface area contributed by atoms with Gasteiger partial charge in [-0.1, -0.05) is 503 Å². The molecule has 15 aromatic rings. The number of rotatable bonds is 35. The molecule has 0 fully saturated rings. The number of allylic oxidation sites excluding steroid dienone is 36. The summed E-state index contributed by atoms with van der Waals surface area (Å²) in [5.41, 5.74) is 30.8. The van der Waals surface area contributed by atoms with E-state index in [4.69, 9.17) is 4.42 Å². The molecule has 17 rings (SSSR count). The summed E-state index contributed by atoms with van der Waals surface area (Å²) in [6, 6.07) is 125. The summed E-state index contributed by atoms with van der Waals surface area (Å²) in [6.45, 7) is 40.2. The normalized spacial score (nSPS) is 13.0. The van der Waals surface area contributed by atoms with Crippen LogP contribution in [-0.2, 0) is 0 Å². The second kappa shape index (κ2) is 59.8. The molecular weight excluding hydrogens is 1820 g/mol. The third kappa shape index (κ3) is 32.2. The van der Waals surface area contributed by atoms with Gasteiger partial charge in [0.1, 0.15) is 5.58 Å². The number of benzene rings is 12. The van der Waals surface area contributed by atoms with Gasteiger partial charge in [-0.3, -0.25) is 0 Å². The highest BCUT2D eigenvalue weighted by molar-refractivity contribution is 5.96. The van der Waals surface area contributed by atoms with Gasteiger partial charge < -0.3 is 29.1 Å². The Kier molecular flexibility index (Phi) is 43.1. The zero-order valence-corrected chi connectivity index (χ0v) is 85.7. The number of aromatic amines is 1. The van der Waals surface area contributed by atoms with Crippen molar-refractivity contribution in [1.29, 1.82) is 0 Å². The summed E-state index contributed by atoms with van der Waals surface area (Å²) in [6.07, 6.45) is 80.2. The van der Waals surface area contributed by atoms with Crippen LogP contribution in [0, 0.1) is 0 Å². The molecule has 0 bridgehead atoms. The van der Waals surface area contributed by atoms with Crippen molar-refractivity contribution in [3.8, 4) is 39.1 Å². The number of nitrogens with one attached hydrogen (secondary N) is 2. The summed E-state index contributed by atoms with van der Waals surface area (Å²) < 4.78 is 7.99. The van der Waals surface area contributed by atoms with E-state index in [2.05, 4.69) is 509 Å². The molecule has 0 aliphatic heterocycles. The van der Waals surface area contributed by atoms with E-state index < -0.39 is 0 Å². The predicted molar refractivity (Wildman–Crippen MR) is 658 cm³/mol. The molecule has 0 saturated heterocycles. The van der Waals surface area contributed by atoms with Gasteiger partial charge in [0.05, 0.1) is 11.8 Å². The number of fused-ring (bicyclic) bond motifs is 3. The van der Waals surface area contributed by atoms with Gasteiger partial charge in [-0.25, -0.2) is 0 Å². The molecule has 1 unspecified atom stereocenters. The molecule has 2 N–H and O–H groups in total. The lowest BCUT2D eigenvalue weighted by Crippen LogP contribution is -2.17. The maximum atomic E-state index is 5.73. The van der Waals surface area contributed by atoms with Crippen molar-refractivity contribution in [3.05, 3.63) is 693 Å². The molecule has 0 spiro atoms. The fourth-order valence-corrected chi connectivity index (χ4v) is 16.8. The monoisotopic (exact) mass is 1950 g/mol. The Hall–Kier alpha value is -19.1. The van der Waals surface area contributed by atoms with Gasteiger partial charge in [-0.05, 0) is 255 Å². The van der Waals surface area contributed by atoms with Crippen LogP contribution in [0.2, 0.25) is 0 Å². The minimum Gasteiger partial charge on any atom is -0.464 e. The first-order chi connectivity index (χ1) is 74.0. The van der Waals surface area contributed by atoms with Crippen molar-refractivity contribution >= 4 is 96.2 Å². The van der Waals surface area contributed by atoms with Gasteiger partial charge in [-0.2, -0.15) is 0 Å². The second-order valence-electron chi connectivity index (χ2n) is 34.6. The number of hydrogen-bond acceptors (Lipinski definition) is 4. The summed E-state index contributed by atoms with van der Waals surface area (Å²) in [4.78, 5) is 7.96. The van der Waals surface area contributed by atoms with E-state index in [0.29, 0.717) is 5.92 Å². The lowest BCUT2D eigenvalue weighted by molar-refractivity contribution is 0.606. The largest absolute Gasteiger partial charge is 0.464 e. The Morgan fingerprint density at radius 1 is 0.427 bits per heavy atom. The molecule has 2 aliphatic rings. The lowest BCUT2D eigenvalue weighted by atomic mass is 9.91. The van der Waals surface area contributed by atoms with Gasteiger partial charge in [0.15, 0.2) is 0 Å². The fourth-order valence-electron chi connectivity index (χ4n) is 16.8. The maximum Gasteiger partial charge on any atom is 0.133 e. The van der Waals surface area contributed by atoms with Crippen molar-refractivity contribution < 1.29 is 4.42 Å². The molecule has 738 valence electrons. The van der Waals surface area contributed by atoms with Crippen molar-refractivity contribution in [3.63, 3.8) is 0 Å². The quantitative estimate of drug-likeness (QED) is 0.0389. The molecule has 0 saturated carbocycles. The molecular formula is C144H131N5O. The Morgan fingerprint density at radius 3 is 1.55 bits per heavy atom. The third-order valence-corrected chi connectivity index (χ3v) is 24.7. The maximum absolute atomic E-state index is 5.73. The smallest absolute Gasteiger partial charge is 0.133 e. The fraction of sp³-hybridized carbons (Fsp3) is 0.0417. The molecule has 3 heterocycles. The topological polar surface area (TPSA) is 52.4 Å². The number of aromatic nitrogens is 2. The first-order valence-electron chi connectivity index (χ1n) is 50.6. The highest BCUT2D eigenvalue weighted by Gasteiger charge is 2.20. The van der Waals surface area contributed by atoms with Crippen LogP contribution in [0.5, 0.6) is 0 Å². The number of para-hydroxylation sites is 4. The lowest BCUT2D eigenvalue weighted by Gasteiger charge is -2.29. The van der Waals surface area contributed by atoms with Crippen molar-refractivity contribution in [2.75, 3.05) is 15.1 Å². The highest BCUT2D eigenvalue weighted by atomic mass is 16.3. The number of H-pyrrole nitrogens is 1. The third-order valence-electron chi connectivity index (χ3n) is 24.7. The summed E-state index contributed by atoms with van der Waals surface area (Å²) in [5.74, 6) is 0.347. The number of hydrogen-bond donors (Lipinski definition) is 2. The summed E-state index contributed by atoms with van der Waals surface area (Å²) in [5, 5.41) is 6.83. The van der Waals surface area contributed by atoms with E-state index in [9.17, 15) is 0 Å². The molecule has 3 aromatic heterocycles. The molecule has 0 radical (unpaired) electrons. The van der Waals surface area contributed by atoms with Crippen LogP contribution in [0.1, 0.15) is 77.6 Å². The van der Waals surface area contributed by atoms with Crippen molar-refractivity contribution in [2.24, 2.45) is 0 Å². The minimum atomic E-state index is 0.347.